The van der Waals surface area contributed by atoms with Crippen molar-refractivity contribution in [3.8, 4) is 0 Å². The molecule has 2 aromatic heterocycles. The molecule has 0 saturated carbocycles. The van der Waals surface area contributed by atoms with Gasteiger partial charge >= 0.3 is 5.97 Å². The van der Waals surface area contributed by atoms with Gasteiger partial charge in [0.25, 0.3) is 0 Å². The van der Waals surface area contributed by atoms with Crippen LogP contribution in [-0.2, 0) is 24.4 Å². The predicted octanol–water partition coefficient (Wildman–Crippen LogP) is 5.15. The molecule has 2 aromatic carbocycles. The predicted molar refractivity (Wildman–Crippen MR) is 148 cm³/mol. The fourth-order valence-electron chi connectivity index (χ4n) is 5.83. The van der Waals surface area contributed by atoms with Gasteiger partial charge in [-0.2, -0.15) is 0 Å². The lowest BCUT2D eigenvalue weighted by molar-refractivity contribution is -0.141. The number of aryl methyl sites for hydroxylation is 3. The Kier molecular flexibility index (Phi) is 7.61. The Hall–Kier alpha value is -3.52. The van der Waals surface area contributed by atoms with Crippen LogP contribution in [-0.4, -0.2) is 53.6 Å². The maximum absolute atomic E-state index is 12.3. The maximum atomic E-state index is 12.3. The van der Waals surface area contributed by atoms with Crippen molar-refractivity contribution in [2.24, 2.45) is 5.92 Å². The number of hydrogen-bond donors (Lipinski definition) is 1. The highest BCUT2D eigenvalue weighted by Crippen LogP contribution is 2.37. The molecule has 1 saturated heterocycles. The third-order valence-corrected chi connectivity index (χ3v) is 8.19. The fraction of sp³-hybridized carbons (Fsp3) is 0.467. The molecule has 0 bridgehead atoms. The van der Waals surface area contributed by atoms with Crippen LogP contribution in [0.2, 0.25) is 0 Å². The van der Waals surface area contributed by atoms with Crippen molar-refractivity contribution < 1.29 is 9.90 Å². The number of carboxylic acids is 1. The summed E-state index contributed by atoms with van der Waals surface area (Å²) in [6.45, 7) is 12.6. The molecule has 200 valence electrons. The van der Waals surface area contributed by atoms with Crippen LogP contribution in [0.4, 0.5) is 0 Å². The zero-order valence-electron chi connectivity index (χ0n) is 22.9. The van der Waals surface area contributed by atoms with E-state index in [4.69, 9.17) is 0 Å². The number of piperidine rings is 1. The highest BCUT2D eigenvalue weighted by Gasteiger charge is 2.30. The van der Waals surface area contributed by atoms with Gasteiger partial charge in [0.2, 0.25) is 0 Å². The Morgan fingerprint density at radius 1 is 1.08 bits per heavy atom. The zero-order chi connectivity index (χ0) is 26.8. The first-order chi connectivity index (χ1) is 18.4. The maximum Gasteiger partial charge on any atom is 0.307 e. The second-order valence-electron chi connectivity index (χ2n) is 10.7. The van der Waals surface area contributed by atoms with Gasteiger partial charge in [-0.1, -0.05) is 42.8 Å². The summed E-state index contributed by atoms with van der Waals surface area (Å²) in [6, 6.07) is 10.5. The van der Waals surface area contributed by atoms with Gasteiger partial charge < -0.3 is 9.67 Å². The first-order valence-corrected chi connectivity index (χ1v) is 13.7. The van der Waals surface area contributed by atoms with Crippen LogP contribution in [0.1, 0.15) is 72.7 Å². The van der Waals surface area contributed by atoms with Gasteiger partial charge in [0.1, 0.15) is 11.3 Å². The molecule has 1 aliphatic rings. The Balaban J connectivity index is 1.50. The van der Waals surface area contributed by atoms with E-state index < -0.39 is 11.9 Å². The van der Waals surface area contributed by atoms with E-state index in [1.54, 1.807) is 6.92 Å². The van der Waals surface area contributed by atoms with Crippen molar-refractivity contribution in [1.29, 1.82) is 0 Å². The molecule has 0 aliphatic carbocycles. The summed E-state index contributed by atoms with van der Waals surface area (Å²) < 4.78 is 4.11. The summed E-state index contributed by atoms with van der Waals surface area (Å²) in [4.78, 5) is 19.5. The van der Waals surface area contributed by atoms with Crippen LogP contribution in [0.5, 0.6) is 0 Å². The third kappa shape index (κ3) is 5.10. The van der Waals surface area contributed by atoms with Gasteiger partial charge in [0, 0.05) is 31.4 Å². The molecule has 8 nitrogen and oxygen atoms in total. The van der Waals surface area contributed by atoms with Crippen molar-refractivity contribution in [2.75, 3.05) is 13.1 Å². The van der Waals surface area contributed by atoms with Crippen molar-refractivity contribution in [3.05, 3.63) is 76.4 Å². The monoisotopic (exact) mass is 514 g/mol. The summed E-state index contributed by atoms with van der Waals surface area (Å²) in [6.07, 6.45) is 7.76. The Morgan fingerprint density at radius 3 is 2.61 bits per heavy atom. The SMILES string of the molecule is CCn1nnc2c(C)c([C@H](c3ccc(C)c(Cn4ccnc4CN4CCCCC4)c3)[C@@H](C)C(=O)O)ccc21. The van der Waals surface area contributed by atoms with Gasteiger partial charge in [-0.15, -0.1) is 5.10 Å². The van der Waals surface area contributed by atoms with E-state index in [-0.39, 0.29) is 5.92 Å². The van der Waals surface area contributed by atoms with Gasteiger partial charge in [-0.25, -0.2) is 9.67 Å². The topological polar surface area (TPSA) is 89.1 Å². The van der Waals surface area contributed by atoms with Crippen molar-refractivity contribution in [3.63, 3.8) is 0 Å². The van der Waals surface area contributed by atoms with E-state index in [9.17, 15) is 9.90 Å². The average molecular weight is 515 g/mol. The minimum Gasteiger partial charge on any atom is -0.481 e. The number of nitrogens with zero attached hydrogens (tertiary/aromatic N) is 6. The largest absolute Gasteiger partial charge is 0.481 e. The minimum atomic E-state index is -0.813. The zero-order valence-corrected chi connectivity index (χ0v) is 22.9. The highest BCUT2D eigenvalue weighted by molar-refractivity contribution is 5.81. The molecule has 2 atom stereocenters. The lowest BCUT2D eigenvalue weighted by Gasteiger charge is -2.26. The van der Waals surface area contributed by atoms with Crippen LogP contribution >= 0.6 is 0 Å². The lowest BCUT2D eigenvalue weighted by atomic mass is 9.79. The number of fused-ring (bicyclic) bond motifs is 1. The van der Waals surface area contributed by atoms with Crippen molar-refractivity contribution >= 4 is 17.0 Å². The van der Waals surface area contributed by atoms with E-state index in [1.807, 2.05) is 30.8 Å². The van der Waals surface area contributed by atoms with Gasteiger partial charge in [-0.05, 0) is 80.6 Å². The smallest absolute Gasteiger partial charge is 0.307 e. The van der Waals surface area contributed by atoms with E-state index >= 15 is 0 Å². The molecule has 0 unspecified atom stereocenters. The molecule has 1 aliphatic heterocycles. The van der Waals surface area contributed by atoms with Crippen LogP contribution in [0.25, 0.3) is 11.0 Å². The molecular weight excluding hydrogens is 476 g/mol. The van der Waals surface area contributed by atoms with Crippen LogP contribution in [0.3, 0.4) is 0 Å². The van der Waals surface area contributed by atoms with Crippen molar-refractivity contribution in [1.82, 2.24) is 29.4 Å². The summed E-state index contributed by atoms with van der Waals surface area (Å²) >= 11 is 0. The van der Waals surface area contributed by atoms with E-state index in [0.29, 0.717) is 6.54 Å². The summed E-state index contributed by atoms with van der Waals surface area (Å²) in [5.74, 6) is -0.649. The molecule has 0 radical (unpaired) electrons. The van der Waals surface area contributed by atoms with Crippen LogP contribution in [0.15, 0.2) is 42.7 Å². The number of rotatable bonds is 9. The third-order valence-electron chi connectivity index (χ3n) is 8.19. The number of benzene rings is 2. The number of carbonyl (C=O) groups is 1. The number of likely N-dealkylation sites (tertiary alicyclic amines) is 1. The normalized spacial score (nSPS) is 16.1. The molecule has 0 spiro atoms. The van der Waals surface area contributed by atoms with Gasteiger partial charge in [0.15, 0.2) is 0 Å². The van der Waals surface area contributed by atoms with E-state index in [2.05, 4.69) is 62.1 Å². The van der Waals surface area contributed by atoms with Crippen molar-refractivity contribution in [2.45, 2.75) is 72.5 Å². The number of carboxylic acid groups (broad SMARTS) is 1. The van der Waals surface area contributed by atoms with E-state index in [1.165, 1.54) is 30.4 Å². The van der Waals surface area contributed by atoms with E-state index in [0.717, 1.165) is 59.7 Å². The number of imidazole rings is 1. The fourth-order valence-corrected chi connectivity index (χ4v) is 5.83. The van der Waals surface area contributed by atoms with Crippen LogP contribution < -0.4 is 0 Å². The minimum absolute atomic E-state index is 0.307. The number of aliphatic carboxylic acids is 1. The van der Waals surface area contributed by atoms with Gasteiger partial charge in [-0.3, -0.25) is 9.69 Å². The number of hydrogen-bond acceptors (Lipinski definition) is 5. The molecule has 38 heavy (non-hydrogen) atoms. The number of aromatic nitrogens is 5. The summed E-state index contributed by atoms with van der Waals surface area (Å²) in [5, 5.41) is 18.8. The van der Waals surface area contributed by atoms with Crippen LogP contribution in [0, 0.1) is 19.8 Å². The summed E-state index contributed by atoms with van der Waals surface area (Å²) in [5.41, 5.74) is 7.15. The molecule has 3 heterocycles. The molecule has 1 fully saturated rings. The first-order valence-electron chi connectivity index (χ1n) is 13.7. The summed E-state index contributed by atoms with van der Waals surface area (Å²) in [7, 11) is 0. The Bertz CT molecular complexity index is 1430. The molecule has 0 amide bonds. The average Bonchev–Trinajstić information content (AvgIpc) is 3.54. The quantitative estimate of drug-likeness (QED) is 0.332. The van der Waals surface area contributed by atoms with Gasteiger partial charge in [0.05, 0.1) is 18.0 Å². The molecule has 8 heteroatoms. The Morgan fingerprint density at radius 2 is 1.87 bits per heavy atom. The molecule has 1 N–H and O–H groups in total. The second-order valence-corrected chi connectivity index (χ2v) is 10.7. The second kappa shape index (κ2) is 11.1. The lowest BCUT2D eigenvalue weighted by Crippen LogP contribution is -2.30. The molecule has 5 rings (SSSR count). The molecule has 4 aromatic rings. The Labute approximate surface area is 224 Å². The highest BCUT2D eigenvalue weighted by atomic mass is 16.4. The first kappa shape index (κ1) is 26.1. The standard InChI is InChI=1S/C30H38N6O2/c1-5-36-26-12-11-25(21(3)29(26)32-33-36)28(22(4)30(37)38)23-10-9-20(2)24(17-23)18-35-16-13-31-27(35)19-34-14-7-6-8-15-34/h9-13,16-17,22,28H,5-8,14-15,18-19H2,1-4H3,(H,37,38)/t22-,28+/m1/s1. The molecular formula is C30H38N6O2.